The van der Waals surface area contributed by atoms with Crippen LogP contribution in [0.1, 0.15) is 5.56 Å². The van der Waals surface area contributed by atoms with Crippen LogP contribution in [0.5, 0.6) is 5.75 Å². The average Bonchev–Trinajstić information content (AvgIpc) is 2.91. The average molecular weight is 578 g/mol. The van der Waals surface area contributed by atoms with Gasteiger partial charge in [-0.2, -0.15) is 4.31 Å². The first-order valence-corrected chi connectivity index (χ1v) is 15.0. The molecule has 3 aromatic rings. The molecule has 1 heterocycles. The molecule has 202 valence electrons. The number of hydrogen-bond acceptors (Lipinski definition) is 6. The Morgan fingerprint density at radius 3 is 2.08 bits per heavy atom. The summed E-state index contributed by atoms with van der Waals surface area (Å²) < 4.78 is 60.7. The van der Waals surface area contributed by atoms with Crippen LogP contribution in [0.15, 0.2) is 82.6 Å². The first-order valence-electron chi connectivity index (χ1n) is 11.8. The monoisotopic (exact) mass is 577 g/mol. The van der Waals surface area contributed by atoms with E-state index in [1.807, 2.05) is 6.92 Å². The number of benzene rings is 3. The molecule has 0 unspecified atom stereocenters. The molecule has 0 bridgehead atoms. The van der Waals surface area contributed by atoms with E-state index in [2.05, 4.69) is 0 Å². The van der Waals surface area contributed by atoms with E-state index in [-0.39, 0.29) is 41.7 Å². The number of piperazine rings is 1. The second kappa shape index (κ2) is 11.3. The Bertz CT molecular complexity index is 1500. The van der Waals surface area contributed by atoms with E-state index in [0.29, 0.717) is 10.8 Å². The van der Waals surface area contributed by atoms with Crippen molar-refractivity contribution in [1.29, 1.82) is 0 Å². The van der Waals surface area contributed by atoms with Crippen LogP contribution in [0.2, 0.25) is 5.02 Å². The van der Waals surface area contributed by atoms with Gasteiger partial charge >= 0.3 is 0 Å². The molecule has 0 aromatic heterocycles. The molecule has 12 heteroatoms. The smallest absolute Gasteiger partial charge is 0.264 e. The van der Waals surface area contributed by atoms with E-state index in [0.717, 1.165) is 9.87 Å². The van der Waals surface area contributed by atoms with Gasteiger partial charge in [0.2, 0.25) is 15.9 Å². The second-order valence-electron chi connectivity index (χ2n) is 8.77. The molecular weight excluding hydrogens is 550 g/mol. The fourth-order valence-corrected chi connectivity index (χ4v) is 7.09. The topological polar surface area (TPSA) is 104 Å². The van der Waals surface area contributed by atoms with Crippen molar-refractivity contribution in [1.82, 2.24) is 9.21 Å². The van der Waals surface area contributed by atoms with Gasteiger partial charge in [0.1, 0.15) is 12.3 Å². The van der Waals surface area contributed by atoms with Crippen molar-refractivity contribution < 1.29 is 26.4 Å². The molecular formula is C26H28ClN3O6S2. The number of hydrogen-bond donors (Lipinski definition) is 0. The summed E-state index contributed by atoms with van der Waals surface area (Å²) in [5.74, 6) is 0.0437. The minimum absolute atomic E-state index is 0.0138. The predicted molar refractivity (Wildman–Crippen MR) is 145 cm³/mol. The van der Waals surface area contributed by atoms with Crippen LogP contribution >= 0.6 is 11.6 Å². The minimum atomic E-state index is -4.14. The Labute approximate surface area is 228 Å². The summed E-state index contributed by atoms with van der Waals surface area (Å²) in [6.07, 6.45) is 0. The lowest BCUT2D eigenvalue weighted by molar-refractivity contribution is -0.130. The van der Waals surface area contributed by atoms with Gasteiger partial charge in [-0.1, -0.05) is 35.4 Å². The second-order valence-corrected chi connectivity index (χ2v) is 13.0. The number of carbonyl (C=O) groups excluding carboxylic acids is 1. The number of nitrogens with zero attached hydrogens (tertiary/aromatic N) is 3. The molecule has 1 aliphatic heterocycles. The van der Waals surface area contributed by atoms with Crippen LogP contribution in [0, 0.1) is 6.92 Å². The molecule has 0 aliphatic carbocycles. The maximum atomic E-state index is 13.6. The number of amides is 1. The zero-order valence-corrected chi connectivity index (χ0v) is 23.3. The highest BCUT2D eigenvalue weighted by Gasteiger charge is 2.33. The van der Waals surface area contributed by atoms with Crippen LogP contribution in [-0.4, -0.2) is 71.8 Å². The zero-order chi connectivity index (χ0) is 27.5. The van der Waals surface area contributed by atoms with Gasteiger partial charge in [0, 0.05) is 31.2 Å². The standard InChI is InChI=1S/C26H28ClN3O6S2/c1-20-6-10-24(11-7-20)37(32,33)29-16-14-28(15-17-29)26(31)19-30(22-5-3-4-21(27)18-22)38(34,35)25-12-8-23(36-2)9-13-25/h3-13,18H,14-17,19H2,1-2H3. The van der Waals surface area contributed by atoms with Crippen molar-refractivity contribution in [3.05, 3.63) is 83.4 Å². The van der Waals surface area contributed by atoms with E-state index < -0.39 is 32.5 Å². The highest BCUT2D eigenvalue weighted by molar-refractivity contribution is 7.92. The van der Waals surface area contributed by atoms with E-state index in [1.165, 1.54) is 46.6 Å². The van der Waals surface area contributed by atoms with Gasteiger partial charge in [-0.3, -0.25) is 9.10 Å². The lowest BCUT2D eigenvalue weighted by Gasteiger charge is -2.35. The van der Waals surface area contributed by atoms with Crippen molar-refractivity contribution in [2.24, 2.45) is 0 Å². The number of anilines is 1. The normalized spacial score (nSPS) is 14.8. The summed E-state index contributed by atoms with van der Waals surface area (Å²) >= 11 is 6.13. The summed E-state index contributed by atoms with van der Waals surface area (Å²) in [5, 5.41) is 0.319. The molecule has 0 N–H and O–H groups in total. The molecule has 1 saturated heterocycles. The Morgan fingerprint density at radius 1 is 0.895 bits per heavy atom. The summed E-state index contributed by atoms with van der Waals surface area (Å²) in [6, 6.07) is 18.7. The number of methoxy groups -OCH3 is 1. The number of ether oxygens (including phenoxy) is 1. The molecule has 4 rings (SSSR count). The lowest BCUT2D eigenvalue weighted by atomic mass is 10.2. The Kier molecular flexibility index (Phi) is 8.31. The Hall–Kier alpha value is -3.12. The van der Waals surface area contributed by atoms with Crippen molar-refractivity contribution in [3.8, 4) is 5.75 Å². The fraction of sp³-hybridized carbons (Fsp3) is 0.269. The van der Waals surface area contributed by atoms with E-state index in [9.17, 15) is 21.6 Å². The van der Waals surface area contributed by atoms with Crippen molar-refractivity contribution in [2.75, 3.05) is 44.1 Å². The number of sulfonamides is 2. The number of carbonyl (C=O) groups is 1. The molecule has 1 aliphatic rings. The largest absolute Gasteiger partial charge is 0.497 e. The summed E-state index contributed by atoms with van der Waals surface area (Å²) in [7, 11) is -6.36. The van der Waals surface area contributed by atoms with Gasteiger partial charge in [-0.05, 0) is 61.5 Å². The van der Waals surface area contributed by atoms with Crippen LogP contribution in [-0.2, 0) is 24.8 Å². The van der Waals surface area contributed by atoms with E-state index in [1.54, 1.807) is 42.5 Å². The van der Waals surface area contributed by atoms with Gasteiger partial charge in [-0.15, -0.1) is 0 Å². The zero-order valence-electron chi connectivity index (χ0n) is 20.9. The molecule has 0 atom stereocenters. The molecule has 0 saturated carbocycles. The molecule has 3 aromatic carbocycles. The van der Waals surface area contributed by atoms with Crippen LogP contribution in [0.4, 0.5) is 5.69 Å². The number of rotatable bonds is 8. The first kappa shape index (κ1) is 27.9. The van der Waals surface area contributed by atoms with Gasteiger partial charge in [0.05, 0.1) is 22.6 Å². The van der Waals surface area contributed by atoms with E-state index in [4.69, 9.17) is 16.3 Å². The van der Waals surface area contributed by atoms with E-state index >= 15 is 0 Å². The minimum Gasteiger partial charge on any atom is -0.497 e. The Morgan fingerprint density at radius 2 is 1.50 bits per heavy atom. The van der Waals surface area contributed by atoms with Crippen molar-refractivity contribution in [2.45, 2.75) is 16.7 Å². The molecule has 9 nitrogen and oxygen atoms in total. The van der Waals surface area contributed by atoms with Crippen LogP contribution in [0.25, 0.3) is 0 Å². The van der Waals surface area contributed by atoms with Crippen molar-refractivity contribution in [3.63, 3.8) is 0 Å². The third kappa shape index (κ3) is 5.96. The highest BCUT2D eigenvalue weighted by Crippen LogP contribution is 2.28. The highest BCUT2D eigenvalue weighted by atomic mass is 35.5. The first-order chi connectivity index (χ1) is 18.0. The molecule has 0 spiro atoms. The molecule has 1 amide bonds. The number of halogens is 1. The third-order valence-corrected chi connectivity index (χ3v) is 10.2. The lowest BCUT2D eigenvalue weighted by Crippen LogP contribution is -2.53. The quantitative estimate of drug-likeness (QED) is 0.406. The van der Waals surface area contributed by atoms with Gasteiger partial charge in [0.15, 0.2) is 0 Å². The van der Waals surface area contributed by atoms with Gasteiger partial charge in [-0.25, -0.2) is 16.8 Å². The summed E-state index contributed by atoms with van der Waals surface area (Å²) in [4.78, 5) is 15.0. The van der Waals surface area contributed by atoms with Gasteiger partial charge < -0.3 is 9.64 Å². The maximum absolute atomic E-state index is 13.6. The van der Waals surface area contributed by atoms with Gasteiger partial charge in [0.25, 0.3) is 10.0 Å². The third-order valence-electron chi connectivity index (χ3n) is 6.27. The SMILES string of the molecule is COc1ccc(S(=O)(=O)N(CC(=O)N2CCN(S(=O)(=O)c3ccc(C)cc3)CC2)c2cccc(Cl)c2)cc1. The molecule has 1 fully saturated rings. The number of aryl methyl sites for hydroxylation is 1. The fourth-order valence-electron chi connectivity index (χ4n) is 4.08. The predicted octanol–water partition coefficient (Wildman–Crippen LogP) is 3.39. The summed E-state index contributed by atoms with van der Waals surface area (Å²) in [5.41, 5.74) is 1.19. The van der Waals surface area contributed by atoms with Crippen molar-refractivity contribution >= 4 is 43.2 Å². The molecule has 0 radical (unpaired) electrons. The molecule has 38 heavy (non-hydrogen) atoms. The summed E-state index contributed by atoms with van der Waals surface area (Å²) in [6.45, 7) is 1.88. The maximum Gasteiger partial charge on any atom is 0.264 e. The van der Waals surface area contributed by atoms with Crippen LogP contribution in [0.3, 0.4) is 0 Å². The Balaban J connectivity index is 1.53. The van der Waals surface area contributed by atoms with Crippen LogP contribution < -0.4 is 9.04 Å².